The summed E-state index contributed by atoms with van der Waals surface area (Å²) in [6.45, 7) is 5.04. The van der Waals surface area contributed by atoms with Crippen LogP contribution in [-0.4, -0.2) is 33.6 Å². The van der Waals surface area contributed by atoms with Gasteiger partial charge in [0.2, 0.25) is 0 Å². The summed E-state index contributed by atoms with van der Waals surface area (Å²) in [5.41, 5.74) is 3.38. The highest BCUT2D eigenvalue weighted by Gasteiger charge is 2.16. The monoisotopic (exact) mass is 349 g/mol. The predicted molar refractivity (Wildman–Crippen MR) is 101 cm³/mol. The van der Waals surface area contributed by atoms with Crippen molar-refractivity contribution in [1.29, 1.82) is 0 Å². The quantitative estimate of drug-likeness (QED) is 0.787. The van der Waals surface area contributed by atoms with E-state index >= 15 is 0 Å². The van der Waals surface area contributed by atoms with Crippen molar-refractivity contribution in [3.05, 3.63) is 60.0 Å². The second-order valence-corrected chi connectivity index (χ2v) is 6.99. The molecule has 3 aromatic rings. The summed E-state index contributed by atoms with van der Waals surface area (Å²) in [6.07, 6.45) is 6.04. The van der Waals surface area contributed by atoms with Crippen molar-refractivity contribution >= 4 is 17.2 Å². The van der Waals surface area contributed by atoms with E-state index in [1.807, 2.05) is 0 Å². The number of carbonyl (C=O) groups excluding carboxylic acids is 1. The molecule has 1 atom stereocenters. The van der Waals surface area contributed by atoms with Crippen LogP contribution in [-0.2, 0) is 6.54 Å². The van der Waals surface area contributed by atoms with Gasteiger partial charge in [-0.15, -0.1) is 0 Å². The Labute approximate surface area is 152 Å². The molecule has 134 valence electrons. The van der Waals surface area contributed by atoms with Crippen molar-refractivity contribution in [1.82, 2.24) is 19.9 Å². The van der Waals surface area contributed by atoms with Gasteiger partial charge < -0.3 is 10.2 Å². The number of aromatic nitrogens is 3. The Hall–Kier alpha value is -2.89. The van der Waals surface area contributed by atoms with Gasteiger partial charge in [-0.1, -0.05) is 19.1 Å². The van der Waals surface area contributed by atoms with Gasteiger partial charge in [0.15, 0.2) is 11.3 Å². The van der Waals surface area contributed by atoms with Gasteiger partial charge >= 0.3 is 0 Å². The van der Waals surface area contributed by atoms with E-state index in [0.29, 0.717) is 17.9 Å². The third-order valence-corrected chi connectivity index (χ3v) is 4.88. The first-order valence-electron chi connectivity index (χ1n) is 9.11. The SMILES string of the molecule is C[C@@H]1CCCN(c2ccc(CNC(=O)c3cc4ncccn4n3)cc2)C1. The molecule has 1 N–H and O–H groups in total. The Balaban J connectivity index is 1.37. The molecule has 0 saturated carbocycles. The van der Waals surface area contributed by atoms with Crippen molar-refractivity contribution in [2.75, 3.05) is 18.0 Å². The molecule has 2 aromatic heterocycles. The zero-order chi connectivity index (χ0) is 17.9. The summed E-state index contributed by atoms with van der Waals surface area (Å²) < 4.78 is 1.60. The normalized spacial score (nSPS) is 17.4. The smallest absolute Gasteiger partial charge is 0.272 e. The summed E-state index contributed by atoms with van der Waals surface area (Å²) >= 11 is 0. The fraction of sp³-hybridized carbons (Fsp3) is 0.350. The second kappa shape index (κ2) is 7.15. The zero-order valence-electron chi connectivity index (χ0n) is 14.9. The second-order valence-electron chi connectivity index (χ2n) is 6.99. The maximum Gasteiger partial charge on any atom is 0.272 e. The Kier molecular flexibility index (Phi) is 4.56. The lowest BCUT2D eigenvalue weighted by Gasteiger charge is -2.32. The molecule has 0 unspecified atom stereocenters. The van der Waals surface area contributed by atoms with Crippen molar-refractivity contribution in [3.8, 4) is 0 Å². The molecular formula is C20H23N5O. The van der Waals surface area contributed by atoms with Crippen LogP contribution in [0.15, 0.2) is 48.8 Å². The fourth-order valence-electron chi connectivity index (χ4n) is 3.46. The third-order valence-electron chi connectivity index (χ3n) is 4.88. The highest BCUT2D eigenvalue weighted by atomic mass is 16.1. The first-order chi connectivity index (χ1) is 12.7. The number of nitrogens with zero attached hydrogens (tertiary/aromatic N) is 4. The number of anilines is 1. The standard InChI is InChI=1S/C20H23N5O/c1-15-4-2-10-24(14-15)17-7-5-16(6-8-17)13-22-20(26)18-12-19-21-9-3-11-25(19)23-18/h3,5-9,11-12,15H,2,4,10,13-14H2,1H3,(H,22,26)/t15-/m1/s1. The minimum Gasteiger partial charge on any atom is -0.371 e. The molecule has 3 heterocycles. The van der Waals surface area contributed by atoms with Crippen LogP contribution in [0.25, 0.3) is 5.65 Å². The average molecular weight is 349 g/mol. The summed E-state index contributed by atoms with van der Waals surface area (Å²) in [7, 11) is 0. The summed E-state index contributed by atoms with van der Waals surface area (Å²) in [6, 6.07) is 11.9. The van der Waals surface area contributed by atoms with E-state index in [-0.39, 0.29) is 5.91 Å². The summed E-state index contributed by atoms with van der Waals surface area (Å²) in [5.74, 6) is 0.562. The number of nitrogens with one attached hydrogen (secondary N) is 1. The van der Waals surface area contributed by atoms with Gasteiger partial charge in [0.05, 0.1) is 0 Å². The fourth-order valence-corrected chi connectivity index (χ4v) is 3.46. The molecule has 1 aliphatic heterocycles. The molecule has 0 spiro atoms. The van der Waals surface area contributed by atoms with E-state index < -0.39 is 0 Å². The molecule has 1 aliphatic rings. The van der Waals surface area contributed by atoms with E-state index in [1.54, 1.807) is 29.0 Å². The Morgan fingerprint density at radius 1 is 1.31 bits per heavy atom. The van der Waals surface area contributed by atoms with Crippen LogP contribution in [0.4, 0.5) is 5.69 Å². The molecule has 4 rings (SSSR count). The Morgan fingerprint density at radius 2 is 2.15 bits per heavy atom. The lowest BCUT2D eigenvalue weighted by Crippen LogP contribution is -2.34. The van der Waals surface area contributed by atoms with Gasteiger partial charge in [-0.05, 0) is 42.5 Å². The Morgan fingerprint density at radius 3 is 2.92 bits per heavy atom. The molecule has 6 heteroatoms. The molecule has 26 heavy (non-hydrogen) atoms. The van der Waals surface area contributed by atoms with Crippen molar-refractivity contribution in [2.24, 2.45) is 5.92 Å². The molecule has 6 nitrogen and oxygen atoms in total. The van der Waals surface area contributed by atoms with E-state index in [2.05, 4.69) is 51.5 Å². The van der Waals surface area contributed by atoms with Crippen molar-refractivity contribution in [2.45, 2.75) is 26.3 Å². The number of hydrogen-bond donors (Lipinski definition) is 1. The van der Waals surface area contributed by atoms with Crippen LogP contribution in [0.3, 0.4) is 0 Å². The maximum atomic E-state index is 12.3. The lowest BCUT2D eigenvalue weighted by molar-refractivity contribution is 0.0945. The molecule has 0 radical (unpaired) electrons. The average Bonchev–Trinajstić information content (AvgIpc) is 3.11. The first-order valence-corrected chi connectivity index (χ1v) is 9.11. The molecule has 1 aromatic carbocycles. The van der Waals surface area contributed by atoms with E-state index in [1.165, 1.54) is 18.5 Å². The number of hydrogen-bond acceptors (Lipinski definition) is 4. The number of carbonyl (C=O) groups is 1. The van der Waals surface area contributed by atoms with Gasteiger partial charge in [0.1, 0.15) is 0 Å². The topological polar surface area (TPSA) is 62.5 Å². The lowest BCUT2D eigenvalue weighted by atomic mass is 9.99. The van der Waals surface area contributed by atoms with E-state index in [0.717, 1.165) is 24.6 Å². The number of piperidine rings is 1. The highest BCUT2D eigenvalue weighted by molar-refractivity contribution is 5.93. The molecular weight excluding hydrogens is 326 g/mol. The minimum atomic E-state index is -0.190. The zero-order valence-corrected chi connectivity index (χ0v) is 14.9. The predicted octanol–water partition coefficient (Wildman–Crippen LogP) is 2.90. The van der Waals surface area contributed by atoms with E-state index in [4.69, 9.17) is 0 Å². The van der Waals surface area contributed by atoms with Gasteiger partial charge in [0, 0.05) is 43.8 Å². The third kappa shape index (κ3) is 3.54. The minimum absolute atomic E-state index is 0.190. The van der Waals surface area contributed by atoms with Crippen LogP contribution in [0.5, 0.6) is 0 Å². The van der Waals surface area contributed by atoms with Crippen LogP contribution in [0.1, 0.15) is 35.8 Å². The number of rotatable bonds is 4. The molecule has 1 saturated heterocycles. The molecule has 0 aliphatic carbocycles. The van der Waals surface area contributed by atoms with Crippen LogP contribution < -0.4 is 10.2 Å². The summed E-state index contributed by atoms with van der Waals surface area (Å²) in [4.78, 5) is 18.9. The first kappa shape index (κ1) is 16.6. The number of amides is 1. The number of benzene rings is 1. The van der Waals surface area contributed by atoms with Crippen molar-refractivity contribution in [3.63, 3.8) is 0 Å². The highest BCUT2D eigenvalue weighted by Crippen LogP contribution is 2.23. The number of fused-ring (bicyclic) bond motifs is 1. The van der Waals surface area contributed by atoms with Crippen LogP contribution in [0, 0.1) is 5.92 Å². The van der Waals surface area contributed by atoms with Gasteiger partial charge in [-0.2, -0.15) is 5.10 Å². The van der Waals surface area contributed by atoms with E-state index in [9.17, 15) is 4.79 Å². The molecule has 0 bridgehead atoms. The maximum absolute atomic E-state index is 12.3. The Bertz CT molecular complexity index is 869. The largest absolute Gasteiger partial charge is 0.371 e. The van der Waals surface area contributed by atoms with Gasteiger partial charge in [-0.3, -0.25) is 4.79 Å². The van der Waals surface area contributed by atoms with Gasteiger partial charge in [-0.25, -0.2) is 9.50 Å². The summed E-state index contributed by atoms with van der Waals surface area (Å²) in [5, 5.41) is 7.17. The van der Waals surface area contributed by atoms with Crippen LogP contribution >= 0.6 is 0 Å². The van der Waals surface area contributed by atoms with Gasteiger partial charge in [0.25, 0.3) is 5.91 Å². The molecule has 1 amide bonds. The van der Waals surface area contributed by atoms with Crippen molar-refractivity contribution < 1.29 is 4.79 Å². The molecule has 1 fully saturated rings. The van der Waals surface area contributed by atoms with Crippen LogP contribution in [0.2, 0.25) is 0 Å².